The molecule has 0 bridgehead atoms. The number of hydrogen-bond donors (Lipinski definition) is 2. The molecule has 1 aromatic carbocycles. The number of anilines is 1. The molecule has 0 radical (unpaired) electrons. The maximum Gasteiger partial charge on any atom is 0.276 e. The Morgan fingerprint density at radius 1 is 1.21 bits per heavy atom. The van der Waals surface area contributed by atoms with E-state index in [0.717, 1.165) is 12.0 Å². The first kappa shape index (κ1) is 15.5. The average molecular weight is 325 g/mol. The predicted octanol–water partition coefficient (Wildman–Crippen LogP) is 1.09. The second-order valence-corrected chi connectivity index (χ2v) is 5.05. The van der Waals surface area contributed by atoms with Gasteiger partial charge in [-0.2, -0.15) is 10.3 Å². The highest BCUT2D eigenvalue weighted by Crippen LogP contribution is 2.17. The highest BCUT2D eigenvalue weighted by molar-refractivity contribution is 6.02. The van der Waals surface area contributed by atoms with Gasteiger partial charge in [-0.25, -0.2) is 4.68 Å². The minimum absolute atomic E-state index is 0.185. The summed E-state index contributed by atoms with van der Waals surface area (Å²) in [5.41, 5.74) is 1.34. The van der Waals surface area contributed by atoms with E-state index in [-0.39, 0.29) is 17.2 Å². The second kappa shape index (κ2) is 6.82. The molecule has 1 amide bonds. The van der Waals surface area contributed by atoms with Crippen LogP contribution in [-0.2, 0) is 6.54 Å². The molecule has 0 spiro atoms. The number of carbonyl (C=O) groups excluding carboxylic acids is 1. The smallest absolute Gasteiger partial charge is 0.276 e. The van der Waals surface area contributed by atoms with E-state index >= 15 is 0 Å². The SMILES string of the molecule is CCCn1nc(C(=O)Nc2ccc(-c3nn[nH]n3)cc2)ccc1=O. The minimum atomic E-state index is -0.382. The number of nitrogens with one attached hydrogen (secondary N) is 2. The molecule has 2 heterocycles. The number of H-pyrrole nitrogens is 1. The Morgan fingerprint density at radius 3 is 2.67 bits per heavy atom. The molecule has 9 heteroatoms. The molecule has 0 saturated heterocycles. The zero-order valence-corrected chi connectivity index (χ0v) is 12.9. The number of benzene rings is 1. The zero-order valence-electron chi connectivity index (χ0n) is 12.9. The van der Waals surface area contributed by atoms with Gasteiger partial charge in [0.15, 0.2) is 0 Å². The molecule has 0 unspecified atom stereocenters. The molecule has 2 aromatic heterocycles. The number of rotatable bonds is 5. The summed E-state index contributed by atoms with van der Waals surface area (Å²) in [6.07, 6.45) is 0.759. The largest absolute Gasteiger partial charge is 0.321 e. The second-order valence-electron chi connectivity index (χ2n) is 5.05. The lowest BCUT2D eigenvalue weighted by Crippen LogP contribution is -2.26. The summed E-state index contributed by atoms with van der Waals surface area (Å²) in [6, 6.07) is 9.75. The number of aromatic amines is 1. The maximum absolute atomic E-state index is 12.3. The Labute approximate surface area is 136 Å². The third kappa shape index (κ3) is 3.35. The van der Waals surface area contributed by atoms with E-state index in [4.69, 9.17) is 0 Å². The number of amides is 1. The Balaban J connectivity index is 1.75. The zero-order chi connectivity index (χ0) is 16.9. The highest BCUT2D eigenvalue weighted by atomic mass is 16.2. The van der Waals surface area contributed by atoms with E-state index in [2.05, 4.69) is 31.0 Å². The fraction of sp³-hybridized carbons (Fsp3) is 0.200. The normalized spacial score (nSPS) is 10.5. The summed E-state index contributed by atoms with van der Waals surface area (Å²) in [7, 11) is 0. The van der Waals surface area contributed by atoms with Crippen LogP contribution < -0.4 is 10.9 Å². The fourth-order valence-corrected chi connectivity index (χ4v) is 2.12. The fourth-order valence-electron chi connectivity index (χ4n) is 2.12. The van der Waals surface area contributed by atoms with Crippen LogP contribution in [0.25, 0.3) is 11.4 Å². The van der Waals surface area contributed by atoms with Gasteiger partial charge >= 0.3 is 0 Å². The summed E-state index contributed by atoms with van der Waals surface area (Å²) >= 11 is 0. The molecular formula is C15H15N7O2. The minimum Gasteiger partial charge on any atom is -0.321 e. The lowest BCUT2D eigenvalue weighted by Gasteiger charge is -2.07. The summed E-state index contributed by atoms with van der Waals surface area (Å²) in [5, 5.41) is 20.5. The summed E-state index contributed by atoms with van der Waals surface area (Å²) < 4.78 is 1.29. The molecule has 2 N–H and O–H groups in total. The number of tetrazole rings is 1. The van der Waals surface area contributed by atoms with Gasteiger partial charge < -0.3 is 5.32 Å². The van der Waals surface area contributed by atoms with E-state index in [0.29, 0.717) is 18.1 Å². The van der Waals surface area contributed by atoms with Crippen LogP contribution in [0.5, 0.6) is 0 Å². The van der Waals surface area contributed by atoms with Gasteiger partial charge in [-0.05, 0) is 42.0 Å². The predicted molar refractivity (Wildman–Crippen MR) is 86.4 cm³/mol. The topological polar surface area (TPSA) is 118 Å². The molecule has 0 saturated carbocycles. The third-order valence-corrected chi connectivity index (χ3v) is 3.28. The van der Waals surface area contributed by atoms with E-state index in [9.17, 15) is 9.59 Å². The van der Waals surface area contributed by atoms with Crippen molar-refractivity contribution in [2.45, 2.75) is 19.9 Å². The highest BCUT2D eigenvalue weighted by Gasteiger charge is 2.10. The number of aryl methyl sites for hydroxylation is 1. The van der Waals surface area contributed by atoms with Gasteiger partial charge in [0.05, 0.1) is 0 Å². The van der Waals surface area contributed by atoms with E-state index in [1.54, 1.807) is 24.3 Å². The molecule has 3 aromatic rings. The van der Waals surface area contributed by atoms with Crippen LogP contribution in [0.1, 0.15) is 23.8 Å². The lowest BCUT2D eigenvalue weighted by molar-refractivity contribution is 0.102. The first-order chi connectivity index (χ1) is 11.7. The number of nitrogens with zero attached hydrogens (tertiary/aromatic N) is 5. The molecule has 0 aliphatic heterocycles. The molecule has 9 nitrogen and oxygen atoms in total. The summed E-state index contributed by atoms with van der Waals surface area (Å²) in [5.74, 6) is 0.0911. The van der Waals surface area contributed by atoms with Crippen LogP contribution in [0, 0.1) is 0 Å². The molecule has 0 aliphatic rings. The molecular weight excluding hydrogens is 310 g/mol. The molecule has 24 heavy (non-hydrogen) atoms. The monoisotopic (exact) mass is 325 g/mol. The first-order valence-electron chi connectivity index (χ1n) is 7.41. The van der Waals surface area contributed by atoms with Crippen molar-refractivity contribution in [2.24, 2.45) is 0 Å². The van der Waals surface area contributed by atoms with Gasteiger partial charge in [-0.1, -0.05) is 6.92 Å². The lowest BCUT2D eigenvalue weighted by atomic mass is 10.2. The van der Waals surface area contributed by atoms with Gasteiger partial charge in [0.1, 0.15) is 5.69 Å². The van der Waals surface area contributed by atoms with Crippen molar-refractivity contribution in [3.05, 3.63) is 52.4 Å². The van der Waals surface area contributed by atoms with Gasteiger partial charge in [0.2, 0.25) is 5.82 Å². The van der Waals surface area contributed by atoms with Crippen molar-refractivity contribution >= 4 is 11.6 Å². The van der Waals surface area contributed by atoms with Crippen LogP contribution in [0.4, 0.5) is 5.69 Å². The van der Waals surface area contributed by atoms with Crippen molar-refractivity contribution in [1.82, 2.24) is 30.4 Å². The van der Waals surface area contributed by atoms with Crippen molar-refractivity contribution in [2.75, 3.05) is 5.32 Å². The molecule has 0 atom stereocenters. The van der Waals surface area contributed by atoms with Gasteiger partial charge in [0.25, 0.3) is 11.5 Å². The van der Waals surface area contributed by atoms with Gasteiger partial charge in [-0.15, -0.1) is 10.2 Å². The van der Waals surface area contributed by atoms with Crippen LogP contribution in [0.3, 0.4) is 0 Å². The standard InChI is InChI=1S/C15H15N7O2/c1-2-9-22-13(23)8-7-12(19-22)15(24)16-11-5-3-10(4-6-11)14-17-20-21-18-14/h3-8H,2,9H2,1H3,(H,16,24)(H,17,18,20,21). The Bertz CT molecular complexity index is 885. The van der Waals surface area contributed by atoms with Crippen LogP contribution >= 0.6 is 0 Å². The number of aromatic nitrogens is 6. The molecule has 0 aliphatic carbocycles. The summed E-state index contributed by atoms with van der Waals surface area (Å²) in [6.45, 7) is 2.41. The van der Waals surface area contributed by atoms with Crippen molar-refractivity contribution in [3.63, 3.8) is 0 Å². The average Bonchev–Trinajstić information content (AvgIpc) is 3.12. The molecule has 0 fully saturated rings. The number of carbonyl (C=O) groups is 1. The first-order valence-corrected chi connectivity index (χ1v) is 7.41. The Kier molecular flexibility index (Phi) is 4.41. The van der Waals surface area contributed by atoms with Gasteiger partial charge in [-0.3, -0.25) is 9.59 Å². The van der Waals surface area contributed by atoms with E-state index in [1.807, 2.05) is 6.92 Å². The maximum atomic E-state index is 12.3. The van der Waals surface area contributed by atoms with Crippen molar-refractivity contribution in [3.8, 4) is 11.4 Å². The van der Waals surface area contributed by atoms with Crippen molar-refractivity contribution < 1.29 is 4.79 Å². The van der Waals surface area contributed by atoms with Crippen LogP contribution in [-0.4, -0.2) is 36.3 Å². The van der Waals surface area contributed by atoms with Gasteiger partial charge in [0, 0.05) is 23.9 Å². The van der Waals surface area contributed by atoms with E-state index < -0.39 is 0 Å². The third-order valence-electron chi connectivity index (χ3n) is 3.28. The molecule has 122 valence electrons. The van der Waals surface area contributed by atoms with Crippen LogP contribution in [0.2, 0.25) is 0 Å². The Hall–Kier alpha value is -3.36. The van der Waals surface area contributed by atoms with Crippen LogP contribution in [0.15, 0.2) is 41.2 Å². The Morgan fingerprint density at radius 2 is 2.00 bits per heavy atom. The number of hydrogen-bond acceptors (Lipinski definition) is 6. The summed E-state index contributed by atoms with van der Waals surface area (Å²) in [4.78, 5) is 23.9. The quantitative estimate of drug-likeness (QED) is 0.725. The van der Waals surface area contributed by atoms with Crippen molar-refractivity contribution in [1.29, 1.82) is 0 Å². The van der Waals surface area contributed by atoms with E-state index in [1.165, 1.54) is 16.8 Å². The molecule has 3 rings (SSSR count).